The zero-order chi connectivity index (χ0) is 21.3. The highest BCUT2D eigenvalue weighted by atomic mass is 32.1. The summed E-state index contributed by atoms with van der Waals surface area (Å²) in [6, 6.07) is 9.44. The van der Waals surface area contributed by atoms with E-state index in [1.165, 1.54) is 11.3 Å². The molecule has 1 heterocycles. The highest BCUT2D eigenvalue weighted by Gasteiger charge is 2.51. The van der Waals surface area contributed by atoms with Crippen LogP contribution in [-0.2, 0) is 14.3 Å². The second-order valence-corrected chi connectivity index (χ2v) is 8.56. The minimum absolute atomic E-state index is 0.0832. The number of carbonyl (C=O) groups excluding carboxylic acids is 2. The van der Waals surface area contributed by atoms with Gasteiger partial charge in [0, 0.05) is 10.9 Å². The van der Waals surface area contributed by atoms with Gasteiger partial charge in [-0.3, -0.25) is 9.59 Å². The highest BCUT2D eigenvalue weighted by Crippen LogP contribution is 2.49. The third-order valence-electron chi connectivity index (χ3n) is 5.80. The van der Waals surface area contributed by atoms with Crippen LogP contribution < -0.4 is 5.32 Å². The molecule has 2 aromatic rings. The lowest BCUT2D eigenvalue weighted by molar-refractivity contribution is -0.146. The van der Waals surface area contributed by atoms with Gasteiger partial charge in [-0.1, -0.05) is 49.4 Å². The molecular formula is C23H23NO5S. The first kappa shape index (κ1) is 20.3. The number of esters is 1. The zero-order valence-electron chi connectivity index (χ0n) is 16.5. The molecule has 0 aliphatic heterocycles. The number of hydrogen-bond acceptors (Lipinski definition) is 5. The number of rotatable bonds is 7. The van der Waals surface area contributed by atoms with Gasteiger partial charge in [0.25, 0.3) is 0 Å². The molecule has 1 aromatic heterocycles. The fraction of sp³-hybridized carbons (Fsp3) is 0.348. The number of ether oxygens (including phenoxy) is 1. The van der Waals surface area contributed by atoms with Crippen LogP contribution >= 0.6 is 11.3 Å². The van der Waals surface area contributed by atoms with Crippen molar-refractivity contribution in [1.29, 1.82) is 0 Å². The first-order valence-corrected chi connectivity index (χ1v) is 10.9. The van der Waals surface area contributed by atoms with E-state index in [0.29, 0.717) is 29.0 Å². The van der Waals surface area contributed by atoms with E-state index in [1.807, 2.05) is 54.8 Å². The van der Waals surface area contributed by atoms with E-state index in [1.54, 1.807) is 0 Å². The molecule has 0 unspecified atom stereocenters. The molecule has 1 saturated carbocycles. The second kappa shape index (κ2) is 8.44. The van der Waals surface area contributed by atoms with Gasteiger partial charge in [0.05, 0.1) is 18.4 Å². The molecule has 1 aromatic carbocycles. The smallest absolute Gasteiger partial charge is 0.341 e. The Hall–Kier alpha value is -2.93. The summed E-state index contributed by atoms with van der Waals surface area (Å²) in [5.41, 5.74) is 1.86. The molecular weight excluding hydrogens is 402 g/mol. The number of hydrogen-bond donors (Lipinski definition) is 2. The van der Waals surface area contributed by atoms with Gasteiger partial charge in [-0.05, 0) is 30.2 Å². The van der Waals surface area contributed by atoms with Crippen LogP contribution in [0.3, 0.4) is 0 Å². The van der Waals surface area contributed by atoms with Crippen molar-refractivity contribution in [3.05, 3.63) is 53.4 Å². The molecule has 4 rings (SSSR count). The van der Waals surface area contributed by atoms with Crippen molar-refractivity contribution >= 4 is 34.2 Å². The molecule has 1 amide bonds. The number of benzene rings is 1. The van der Waals surface area contributed by atoms with Crippen molar-refractivity contribution in [3.8, 4) is 11.1 Å². The van der Waals surface area contributed by atoms with E-state index in [4.69, 9.17) is 4.74 Å². The first-order valence-electron chi connectivity index (χ1n) is 10.1. The van der Waals surface area contributed by atoms with Gasteiger partial charge in [-0.2, -0.15) is 0 Å². The average molecular weight is 426 g/mol. The third kappa shape index (κ3) is 3.65. The van der Waals surface area contributed by atoms with Crippen molar-refractivity contribution in [1.82, 2.24) is 0 Å². The van der Waals surface area contributed by atoms with Gasteiger partial charge < -0.3 is 15.2 Å². The number of aliphatic carboxylic acids is 1. The topological polar surface area (TPSA) is 92.7 Å². The third-order valence-corrected chi connectivity index (χ3v) is 6.70. The van der Waals surface area contributed by atoms with Crippen molar-refractivity contribution < 1.29 is 24.2 Å². The van der Waals surface area contributed by atoms with E-state index >= 15 is 0 Å². The van der Waals surface area contributed by atoms with Gasteiger partial charge in [0.15, 0.2) is 0 Å². The summed E-state index contributed by atoms with van der Waals surface area (Å²) in [7, 11) is 0. The molecule has 0 saturated heterocycles. The van der Waals surface area contributed by atoms with Crippen LogP contribution in [0, 0.1) is 23.7 Å². The maximum atomic E-state index is 13.1. The Kier molecular flexibility index (Phi) is 5.72. The maximum Gasteiger partial charge on any atom is 0.341 e. The maximum absolute atomic E-state index is 13.1. The Morgan fingerprint density at radius 3 is 2.50 bits per heavy atom. The number of thiophene rings is 1. The summed E-state index contributed by atoms with van der Waals surface area (Å²) in [6.45, 7) is 2.20. The molecule has 2 bridgehead atoms. The van der Waals surface area contributed by atoms with Crippen LogP contribution in [-0.4, -0.2) is 29.6 Å². The predicted molar refractivity (Wildman–Crippen MR) is 114 cm³/mol. The quantitative estimate of drug-likeness (QED) is 0.505. The summed E-state index contributed by atoms with van der Waals surface area (Å²) in [5, 5.41) is 14.7. The monoisotopic (exact) mass is 425 g/mol. The Bertz CT molecular complexity index is 996. The van der Waals surface area contributed by atoms with E-state index in [-0.39, 0.29) is 24.3 Å². The molecule has 4 atom stereocenters. The normalized spacial score (nSPS) is 24.0. The molecule has 0 radical (unpaired) electrons. The predicted octanol–water partition coefficient (Wildman–Crippen LogP) is 4.44. The lowest BCUT2D eigenvalue weighted by Crippen LogP contribution is -2.36. The minimum atomic E-state index is -0.953. The van der Waals surface area contributed by atoms with Crippen molar-refractivity contribution in [2.45, 2.75) is 19.8 Å². The van der Waals surface area contributed by atoms with Gasteiger partial charge >= 0.3 is 11.9 Å². The largest absolute Gasteiger partial charge is 0.481 e. The lowest BCUT2D eigenvalue weighted by Gasteiger charge is -2.23. The Morgan fingerprint density at radius 1 is 1.13 bits per heavy atom. The first-order chi connectivity index (χ1) is 14.5. The van der Waals surface area contributed by atoms with Crippen molar-refractivity contribution in [3.63, 3.8) is 0 Å². The molecule has 2 aliphatic carbocycles. The van der Waals surface area contributed by atoms with Crippen molar-refractivity contribution in [2.75, 3.05) is 11.9 Å². The summed E-state index contributed by atoms with van der Waals surface area (Å²) < 4.78 is 5.37. The average Bonchev–Trinajstić information content (AvgIpc) is 3.46. The Labute approximate surface area is 178 Å². The standard InChI is InChI=1S/C23H23NO5S/c1-2-10-29-23(28)19-16(13-6-4-3-5-7-13)12-30-21(19)24-20(25)17-14-8-9-15(11-14)18(17)22(26)27/h3-9,12,14-15,17-18H,2,10-11H2,1H3,(H,24,25)(H,26,27)/t14-,15-,17+,18+/m0/s1. The zero-order valence-corrected chi connectivity index (χ0v) is 17.4. The van der Waals surface area contributed by atoms with Crippen LogP contribution in [0.1, 0.15) is 30.1 Å². The van der Waals surface area contributed by atoms with Crippen LogP contribution in [0.2, 0.25) is 0 Å². The Morgan fingerprint density at radius 2 is 1.83 bits per heavy atom. The van der Waals surface area contributed by atoms with Gasteiger partial charge in [-0.15, -0.1) is 11.3 Å². The molecule has 156 valence electrons. The SMILES string of the molecule is CCCOC(=O)c1c(-c2ccccc2)csc1NC(=O)[C@H]1[C@H](C(=O)O)[C@H]2C=C[C@H]1C2. The van der Waals surface area contributed by atoms with E-state index < -0.39 is 23.8 Å². The summed E-state index contributed by atoms with van der Waals surface area (Å²) >= 11 is 1.25. The number of carboxylic acids is 1. The van der Waals surface area contributed by atoms with Crippen LogP contribution in [0.5, 0.6) is 0 Å². The summed E-state index contributed by atoms with van der Waals surface area (Å²) in [5.74, 6) is -3.37. The fourth-order valence-electron chi connectivity index (χ4n) is 4.46. The lowest BCUT2D eigenvalue weighted by atomic mass is 9.82. The van der Waals surface area contributed by atoms with Gasteiger partial charge in [0.2, 0.25) is 5.91 Å². The number of amides is 1. The number of nitrogens with one attached hydrogen (secondary N) is 1. The molecule has 2 aliphatic rings. The molecule has 1 fully saturated rings. The van der Waals surface area contributed by atoms with E-state index in [9.17, 15) is 19.5 Å². The van der Waals surface area contributed by atoms with Crippen molar-refractivity contribution in [2.24, 2.45) is 23.7 Å². The Balaban J connectivity index is 1.65. The highest BCUT2D eigenvalue weighted by molar-refractivity contribution is 7.15. The molecule has 2 N–H and O–H groups in total. The van der Waals surface area contributed by atoms with E-state index in [2.05, 4.69) is 5.32 Å². The van der Waals surface area contributed by atoms with Crippen LogP contribution in [0.25, 0.3) is 11.1 Å². The molecule has 6 nitrogen and oxygen atoms in total. The number of fused-ring (bicyclic) bond motifs is 2. The molecule has 7 heteroatoms. The van der Waals surface area contributed by atoms with Gasteiger partial charge in [0.1, 0.15) is 10.6 Å². The second-order valence-electron chi connectivity index (χ2n) is 7.68. The summed E-state index contributed by atoms with van der Waals surface area (Å²) in [6.07, 6.45) is 5.21. The minimum Gasteiger partial charge on any atom is -0.481 e. The number of allylic oxidation sites excluding steroid dienone is 2. The number of carboxylic acid groups (broad SMARTS) is 1. The molecule has 30 heavy (non-hydrogen) atoms. The van der Waals surface area contributed by atoms with E-state index in [0.717, 1.165) is 5.56 Å². The molecule has 0 spiro atoms. The number of anilines is 1. The van der Waals surface area contributed by atoms with Crippen LogP contribution in [0.4, 0.5) is 5.00 Å². The number of carbonyl (C=O) groups is 3. The van der Waals surface area contributed by atoms with Gasteiger partial charge in [-0.25, -0.2) is 4.79 Å². The fourth-order valence-corrected chi connectivity index (χ4v) is 5.42. The van der Waals surface area contributed by atoms with Crippen LogP contribution in [0.15, 0.2) is 47.9 Å². The summed E-state index contributed by atoms with van der Waals surface area (Å²) in [4.78, 5) is 37.7.